The van der Waals surface area contributed by atoms with E-state index in [4.69, 9.17) is 11.6 Å². The molecule has 5 heteroatoms. The Kier molecular flexibility index (Phi) is 4.33. The molecule has 0 radical (unpaired) electrons. The standard InChI is InChI=1S/C13H16ClN3O/c1-2-6-17-7-5-15-13(17)8-11(18)10-3-4-12(14)16-9-10/h3-5,7,9,11,18H,2,6,8H2,1H3. The van der Waals surface area contributed by atoms with Crippen molar-refractivity contribution in [3.8, 4) is 0 Å². The first-order valence-corrected chi connectivity index (χ1v) is 6.38. The number of aryl methyl sites for hydroxylation is 1. The van der Waals surface area contributed by atoms with Gasteiger partial charge in [-0.05, 0) is 18.1 Å². The number of pyridine rings is 1. The second-order valence-corrected chi connectivity index (χ2v) is 4.56. The lowest BCUT2D eigenvalue weighted by Gasteiger charge is -2.12. The van der Waals surface area contributed by atoms with Crippen LogP contribution in [0.15, 0.2) is 30.7 Å². The number of rotatable bonds is 5. The fraction of sp³-hybridized carbons (Fsp3) is 0.385. The van der Waals surface area contributed by atoms with Crippen LogP contribution in [0.2, 0.25) is 5.15 Å². The highest BCUT2D eigenvalue weighted by molar-refractivity contribution is 6.29. The third-order valence-corrected chi connectivity index (χ3v) is 3.00. The van der Waals surface area contributed by atoms with E-state index in [9.17, 15) is 5.11 Å². The van der Waals surface area contributed by atoms with Crippen LogP contribution in [0, 0.1) is 0 Å². The molecule has 18 heavy (non-hydrogen) atoms. The fourth-order valence-corrected chi connectivity index (χ4v) is 1.96. The summed E-state index contributed by atoms with van der Waals surface area (Å²) in [4.78, 5) is 8.24. The van der Waals surface area contributed by atoms with Gasteiger partial charge in [0.1, 0.15) is 11.0 Å². The summed E-state index contributed by atoms with van der Waals surface area (Å²) in [5.74, 6) is 0.888. The molecule has 0 spiro atoms. The van der Waals surface area contributed by atoms with Gasteiger partial charge in [-0.3, -0.25) is 0 Å². The average Bonchev–Trinajstić information content (AvgIpc) is 2.78. The molecule has 1 unspecified atom stereocenters. The molecule has 0 amide bonds. The van der Waals surface area contributed by atoms with Crippen molar-refractivity contribution in [1.29, 1.82) is 0 Å². The molecule has 96 valence electrons. The van der Waals surface area contributed by atoms with E-state index in [0.717, 1.165) is 24.4 Å². The molecule has 2 heterocycles. The zero-order chi connectivity index (χ0) is 13.0. The van der Waals surface area contributed by atoms with Crippen molar-refractivity contribution in [2.45, 2.75) is 32.4 Å². The van der Waals surface area contributed by atoms with Crippen molar-refractivity contribution < 1.29 is 5.11 Å². The molecular formula is C13H16ClN3O. The van der Waals surface area contributed by atoms with Gasteiger partial charge in [0.15, 0.2) is 0 Å². The van der Waals surface area contributed by atoms with Gasteiger partial charge in [0.25, 0.3) is 0 Å². The number of imidazole rings is 1. The Labute approximate surface area is 111 Å². The second kappa shape index (κ2) is 5.98. The molecule has 1 N–H and O–H groups in total. The van der Waals surface area contributed by atoms with Gasteiger partial charge in [0.05, 0.1) is 6.10 Å². The fourth-order valence-electron chi connectivity index (χ4n) is 1.85. The van der Waals surface area contributed by atoms with Gasteiger partial charge >= 0.3 is 0 Å². The molecule has 0 bridgehead atoms. The quantitative estimate of drug-likeness (QED) is 0.846. The Bertz CT molecular complexity index is 495. The van der Waals surface area contributed by atoms with Crippen LogP contribution in [0.5, 0.6) is 0 Å². The minimum atomic E-state index is -0.604. The highest BCUT2D eigenvalue weighted by Gasteiger charge is 2.12. The Morgan fingerprint density at radius 3 is 2.89 bits per heavy atom. The van der Waals surface area contributed by atoms with E-state index in [1.807, 2.05) is 6.20 Å². The lowest BCUT2D eigenvalue weighted by Crippen LogP contribution is -2.09. The molecule has 2 aromatic heterocycles. The van der Waals surface area contributed by atoms with Crippen molar-refractivity contribution in [1.82, 2.24) is 14.5 Å². The van der Waals surface area contributed by atoms with Crippen LogP contribution in [0.25, 0.3) is 0 Å². The number of aliphatic hydroxyl groups excluding tert-OH is 1. The molecule has 0 saturated carbocycles. The van der Waals surface area contributed by atoms with Gasteiger partial charge in [-0.25, -0.2) is 9.97 Å². The number of hydrogen-bond donors (Lipinski definition) is 1. The van der Waals surface area contributed by atoms with Crippen molar-refractivity contribution in [3.63, 3.8) is 0 Å². The van der Waals surface area contributed by atoms with Gasteiger partial charge in [-0.15, -0.1) is 0 Å². The van der Waals surface area contributed by atoms with E-state index in [1.54, 1.807) is 24.5 Å². The zero-order valence-corrected chi connectivity index (χ0v) is 11.0. The van der Waals surface area contributed by atoms with Gasteiger partial charge < -0.3 is 9.67 Å². The van der Waals surface area contributed by atoms with Crippen LogP contribution >= 0.6 is 11.6 Å². The summed E-state index contributed by atoms with van der Waals surface area (Å²) >= 11 is 5.72. The van der Waals surface area contributed by atoms with Crippen molar-refractivity contribution in [3.05, 3.63) is 47.3 Å². The molecule has 0 saturated heterocycles. The summed E-state index contributed by atoms with van der Waals surface area (Å²) in [6, 6.07) is 3.46. The van der Waals surface area contributed by atoms with E-state index in [2.05, 4.69) is 21.5 Å². The number of halogens is 1. The molecule has 0 aromatic carbocycles. The molecule has 2 rings (SSSR count). The molecular weight excluding hydrogens is 250 g/mol. The van der Waals surface area contributed by atoms with E-state index < -0.39 is 6.10 Å². The maximum absolute atomic E-state index is 10.1. The lowest BCUT2D eigenvalue weighted by molar-refractivity contribution is 0.174. The van der Waals surface area contributed by atoms with Gasteiger partial charge in [0.2, 0.25) is 0 Å². The number of hydrogen-bond acceptors (Lipinski definition) is 3. The van der Waals surface area contributed by atoms with Crippen molar-refractivity contribution in [2.75, 3.05) is 0 Å². The molecule has 0 aliphatic heterocycles. The summed E-state index contributed by atoms with van der Waals surface area (Å²) in [5, 5.41) is 10.6. The van der Waals surface area contributed by atoms with Crippen LogP contribution in [-0.4, -0.2) is 19.6 Å². The molecule has 0 aliphatic carbocycles. The SMILES string of the molecule is CCCn1ccnc1CC(O)c1ccc(Cl)nc1. The molecule has 2 aromatic rings. The minimum Gasteiger partial charge on any atom is -0.388 e. The normalized spacial score (nSPS) is 12.6. The van der Waals surface area contributed by atoms with Gasteiger partial charge in [0, 0.05) is 31.6 Å². The van der Waals surface area contributed by atoms with Crippen LogP contribution in [0.3, 0.4) is 0 Å². The first-order valence-electron chi connectivity index (χ1n) is 6.00. The van der Waals surface area contributed by atoms with Crippen LogP contribution in [-0.2, 0) is 13.0 Å². The Morgan fingerprint density at radius 1 is 1.39 bits per heavy atom. The second-order valence-electron chi connectivity index (χ2n) is 4.17. The summed E-state index contributed by atoms with van der Waals surface area (Å²) < 4.78 is 2.06. The van der Waals surface area contributed by atoms with E-state index >= 15 is 0 Å². The van der Waals surface area contributed by atoms with Gasteiger partial charge in [-0.2, -0.15) is 0 Å². The van der Waals surface area contributed by atoms with Crippen LogP contribution in [0.4, 0.5) is 0 Å². The summed E-state index contributed by atoms with van der Waals surface area (Å²) in [7, 11) is 0. The number of aliphatic hydroxyl groups is 1. The predicted octanol–water partition coefficient (Wildman–Crippen LogP) is 2.62. The monoisotopic (exact) mass is 265 g/mol. The van der Waals surface area contributed by atoms with Crippen LogP contribution < -0.4 is 0 Å². The van der Waals surface area contributed by atoms with Crippen molar-refractivity contribution in [2.24, 2.45) is 0 Å². The maximum Gasteiger partial charge on any atom is 0.129 e. The zero-order valence-electron chi connectivity index (χ0n) is 10.3. The summed E-state index contributed by atoms with van der Waals surface area (Å²) in [6.45, 7) is 3.03. The number of aromatic nitrogens is 3. The average molecular weight is 266 g/mol. The first kappa shape index (κ1) is 13.1. The van der Waals surface area contributed by atoms with Crippen LogP contribution in [0.1, 0.15) is 30.8 Å². The van der Waals surface area contributed by atoms with Crippen molar-refractivity contribution >= 4 is 11.6 Å². The minimum absolute atomic E-state index is 0.429. The largest absolute Gasteiger partial charge is 0.388 e. The van der Waals surface area contributed by atoms with E-state index in [-0.39, 0.29) is 0 Å². The summed E-state index contributed by atoms with van der Waals surface area (Å²) in [6.07, 6.45) is 6.22. The predicted molar refractivity (Wildman–Crippen MR) is 70.4 cm³/mol. The highest BCUT2D eigenvalue weighted by atomic mass is 35.5. The van der Waals surface area contributed by atoms with Gasteiger partial charge in [-0.1, -0.05) is 24.6 Å². The van der Waals surface area contributed by atoms with E-state index in [1.165, 1.54) is 0 Å². The smallest absolute Gasteiger partial charge is 0.129 e. The molecule has 4 nitrogen and oxygen atoms in total. The number of nitrogens with zero attached hydrogens (tertiary/aromatic N) is 3. The Morgan fingerprint density at radius 2 is 2.22 bits per heavy atom. The molecule has 1 atom stereocenters. The topological polar surface area (TPSA) is 50.9 Å². The lowest BCUT2D eigenvalue weighted by atomic mass is 10.1. The van der Waals surface area contributed by atoms with E-state index in [0.29, 0.717) is 11.6 Å². The molecule has 0 aliphatic rings. The third kappa shape index (κ3) is 3.09. The Hall–Kier alpha value is -1.39. The highest BCUT2D eigenvalue weighted by Crippen LogP contribution is 2.18. The molecule has 0 fully saturated rings. The maximum atomic E-state index is 10.1. The summed E-state index contributed by atoms with van der Waals surface area (Å²) in [5.41, 5.74) is 0.755. The third-order valence-electron chi connectivity index (χ3n) is 2.78. The first-order chi connectivity index (χ1) is 8.70. The Balaban J connectivity index is 2.08.